The number of aromatic nitrogens is 1. The zero-order valence-electron chi connectivity index (χ0n) is 3.94. The predicted octanol–water partition coefficient (Wildman–Crippen LogP) is -0.859. The van der Waals surface area contributed by atoms with Crippen molar-refractivity contribution in [1.29, 1.82) is 0 Å². The van der Waals surface area contributed by atoms with Crippen LogP contribution in [-0.2, 0) is 0 Å². The maximum atomic E-state index is 9.73. The monoisotopic (exact) mass is 135 g/mol. The van der Waals surface area contributed by atoms with E-state index < -0.39 is 12.0 Å². The average molecular weight is 135 g/mol. The van der Waals surface area contributed by atoms with Gasteiger partial charge < -0.3 is 5.11 Å². The maximum absolute atomic E-state index is 9.73. The molecule has 0 aromatic carbocycles. The highest BCUT2D eigenvalue weighted by molar-refractivity contribution is 5.56. The molecule has 0 aliphatic rings. The van der Waals surface area contributed by atoms with Crippen molar-refractivity contribution in [2.45, 2.75) is 0 Å². The molecule has 0 fully saturated rings. The van der Waals surface area contributed by atoms with Crippen molar-refractivity contribution in [3.05, 3.63) is 10.6 Å². The fourth-order valence-electron chi connectivity index (χ4n) is 0.230. The summed E-state index contributed by atoms with van der Waals surface area (Å²) < 4.78 is 7.64. The van der Waals surface area contributed by atoms with Crippen molar-refractivity contribution in [2.24, 2.45) is 0 Å². The van der Waals surface area contributed by atoms with E-state index in [0.717, 1.165) is 0 Å². The van der Waals surface area contributed by atoms with E-state index in [9.17, 15) is 9.59 Å². The van der Waals surface area contributed by atoms with Crippen molar-refractivity contribution >= 4 is 6.16 Å². The first-order valence-corrected chi connectivity index (χ1v) is 1.79. The molecule has 0 saturated carbocycles. The number of hydrogen-bond donors (Lipinski definition) is 1. The van der Waals surface area contributed by atoms with E-state index in [1.54, 1.807) is 0 Å². The van der Waals surface area contributed by atoms with Crippen molar-refractivity contribution < 1.29 is 23.8 Å². The minimum absolute atomic E-state index is 0.0741. The molecule has 7 nitrogen and oxygen atoms in total. The molecule has 1 rings (SSSR count). The molecule has 1 heterocycles. The molecule has 0 spiro atoms. The molecule has 1 aromatic heterocycles. The second kappa shape index (κ2) is 1.69. The zero-order valence-corrected chi connectivity index (χ0v) is 3.94. The largest absolute Gasteiger partial charge is 0.568 e. The van der Waals surface area contributed by atoms with Gasteiger partial charge in [-0.1, -0.05) is 0 Å². The Bertz CT molecular complexity index is 235. The predicted molar refractivity (Wildman–Crippen MR) is 19.8 cm³/mol. The lowest BCUT2D eigenvalue weighted by atomic mass is 11.4. The Kier molecular flexibility index (Phi) is 1.03. The summed E-state index contributed by atoms with van der Waals surface area (Å²) in [5.74, 6) is -1.00. The van der Waals surface area contributed by atoms with E-state index in [-0.39, 0.29) is 5.08 Å². The number of carboxylic acid groups (broad SMARTS) is 1. The summed E-state index contributed by atoms with van der Waals surface area (Å²) in [5, 5.41) is 7.87. The maximum Gasteiger partial charge on any atom is 0.568 e. The Hall–Kier alpha value is -1.66. The summed E-state index contributed by atoms with van der Waals surface area (Å²) in [4.78, 5) is 22.9. The van der Waals surface area contributed by atoms with Gasteiger partial charge in [0.15, 0.2) is 5.08 Å². The molecule has 1 N–H and O–H groups in total. The lowest BCUT2D eigenvalue weighted by molar-refractivity contribution is -0.215. The van der Waals surface area contributed by atoms with Gasteiger partial charge in [-0.05, 0) is 0 Å². The van der Waals surface area contributed by atoms with Crippen LogP contribution >= 0.6 is 0 Å². The highest BCUT2D eigenvalue weighted by atomic mass is 17.1. The Morgan fingerprint density at radius 2 is 2.22 bits per heavy atom. The topological polar surface area (TPSA) is 94.8 Å². The number of hydrogen-bond acceptors (Lipinski definition) is 5. The van der Waals surface area contributed by atoms with E-state index in [1.165, 1.54) is 0 Å². The molecule has 0 amide bonds. The van der Waals surface area contributed by atoms with Crippen molar-refractivity contribution in [3.63, 3.8) is 0 Å². The summed E-state index contributed by atoms with van der Waals surface area (Å²) in [6.45, 7) is 0. The van der Waals surface area contributed by atoms with Crippen LogP contribution in [0.15, 0.2) is 13.8 Å². The van der Waals surface area contributed by atoms with Crippen LogP contribution in [0.5, 0.6) is 0 Å². The first kappa shape index (κ1) is 5.48. The van der Waals surface area contributed by atoms with Crippen LogP contribution in [0.4, 0.5) is 4.79 Å². The first-order valence-electron chi connectivity index (χ1n) is 1.79. The van der Waals surface area contributed by atoms with Crippen LogP contribution in [0.25, 0.3) is 0 Å². The molecule has 0 saturated heterocycles. The van der Waals surface area contributed by atoms with E-state index >= 15 is 0 Å². The highest BCUT2D eigenvalue weighted by Crippen LogP contribution is 1.76. The van der Waals surface area contributed by atoms with Gasteiger partial charge in [-0.3, -0.25) is 0 Å². The molecule has 0 aliphatic heterocycles. The molecule has 1 aromatic rings. The van der Waals surface area contributed by atoms with Crippen LogP contribution in [0.2, 0.25) is 0 Å². The Balaban J connectivity index is 2.54. The molecule has 0 atom stereocenters. The third-order valence-electron chi connectivity index (χ3n) is 0.451. The molecule has 0 radical (unpaired) electrons. The second-order valence-electron chi connectivity index (χ2n) is 1.01. The van der Waals surface area contributed by atoms with E-state index in [2.05, 4.69) is 13.9 Å². The molecule has 7 heteroatoms. The molecule has 0 bridgehead atoms. The van der Waals surface area contributed by atoms with Crippen LogP contribution in [0.1, 0.15) is 0 Å². The first-order chi connectivity index (χ1) is 4.18. The smallest absolute Gasteiger partial charge is 0.448 e. The summed E-state index contributed by atoms with van der Waals surface area (Å²) in [7, 11) is 0. The Morgan fingerprint density at radius 3 is 2.56 bits per heavy atom. The average Bonchev–Trinajstić information content (AvgIpc) is 1.60. The van der Waals surface area contributed by atoms with Crippen molar-refractivity contribution in [1.82, 2.24) is 5.08 Å². The van der Waals surface area contributed by atoms with Gasteiger partial charge in [0.25, 0.3) is 0 Å². The Morgan fingerprint density at radius 1 is 1.67 bits per heavy atom. The number of nitrogens with zero attached hydrogens (tertiary/aromatic N) is 1. The van der Waals surface area contributed by atoms with Crippen molar-refractivity contribution in [3.8, 4) is 0 Å². The summed E-state index contributed by atoms with van der Waals surface area (Å²) in [5.41, 5.74) is 0. The molecule has 0 unspecified atom stereocenters. The standard InChI is InChI=1S/C2HNO6/c4-1(5)7-3-8-2(6)9-3/h(H,4,5). The Labute approximate surface area is 46.9 Å². The van der Waals surface area contributed by atoms with Gasteiger partial charge in [0.05, 0.1) is 0 Å². The van der Waals surface area contributed by atoms with E-state index in [1.807, 2.05) is 0 Å². The van der Waals surface area contributed by atoms with Crippen LogP contribution in [0.3, 0.4) is 0 Å². The van der Waals surface area contributed by atoms with Gasteiger partial charge in [-0.2, -0.15) is 4.79 Å². The molecule has 50 valence electrons. The highest BCUT2D eigenvalue weighted by Gasteiger charge is 2.07. The molecular weight excluding hydrogens is 134 g/mol. The van der Waals surface area contributed by atoms with Gasteiger partial charge in [0.2, 0.25) is 0 Å². The second-order valence-corrected chi connectivity index (χ2v) is 1.01. The van der Waals surface area contributed by atoms with E-state index in [0.29, 0.717) is 0 Å². The van der Waals surface area contributed by atoms with Gasteiger partial charge >= 0.3 is 12.0 Å². The van der Waals surface area contributed by atoms with Gasteiger partial charge in [-0.15, -0.1) is 0 Å². The van der Waals surface area contributed by atoms with Crippen LogP contribution in [0, 0.1) is 0 Å². The number of rotatable bonds is 1. The van der Waals surface area contributed by atoms with Crippen LogP contribution in [-0.4, -0.2) is 16.3 Å². The molecule has 9 heavy (non-hydrogen) atoms. The third-order valence-corrected chi connectivity index (χ3v) is 0.451. The van der Waals surface area contributed by atoms with E-state index in [4.69, 9.17) is 5.11 Å². The lowest BCUT2D eigenvalue weighted by Crippen LogP contribution is -2.26. The molecule has 0 aliphatic carbocycles. The zero-order chi connectivity index (χ0) is 6.85. The fraction of sp³-hybridized carbons (Fsp3) is 0. The van der Waals surface area contributed by atoms with Crippen LogP contribution < -0.4 is 10.7 Å². The van der Waals surface area contributed by atoms with Crippen molar-refractivity contribution in [2.75, 3.05) is 0 Å². The minimum Gasteiger partial charge on any atom is -0.448 e. The number of carbonyl (C=O) groups is 1. The summed E-state index contributed by atoms with van der Waals surface area (Å²) in [6.07, 6.45) is -1.62. The molecular formula is C2HNO6. The normalized spacial score (nSPS) is 9.33. The minimum atomic E-state index is -1.62. The lowest BCUT2D eigenvalue weighted by Gasteiger charge is -1.96. The van der Waals surface area contributed by atoms with Gasteiger partial charge in [0, 0.05) is 0 Å². The third kappa shape index (κ3) is 1.12. The van der Waals surface area contributed by atoms with Gasteiger partial charge in [0.1, 0.15) is 0 Å². The summed E-state index contributed by atoms with van der Waals surface area (Å²) in [6, 6.07) is 0. The summed E-state index contributed by atoms with van der Waals surface area (Å²) >= 11 is 0. The quantitative estimate of drug-likeness (QED) is 0.538. The fourth-order valence-corrected chi connectivity index (χ4v) is 0.230. The van der Waals surface area contributed by atoms with Gasteiger partial charge in [-0.25, -0.2) is 18.7 Å². The SMILES string of the molecule is O=C(O)On1oc(=O)o1.